The van der Waals surface area contributed by atoms with E-state index in [1.54, 1.807) is 0 Å². The van der Waals surface area contributed by atoms with E-state index in [1.807, 2.05) is 49.9 Å². The molecule has 0 amide bonds. The zero-order valence-corrected chi connectivity index (χ0v) is 18.8. The summed E-state index contributed by atoms with van der Waals surface area (Å²) < 4.78 is 0. The van der Waals surface area contributed by atoms with Crippen molar-refractivity contribution in [3.05, 3.63) is 74.6 Å². The number of fused-ring (bicyclic) bond motifs is 1. The van der Waals surface area contributed by atoms with Crippen LogP contribution >= 0.6 is 12.2 Å². The summed E-state index contributed by atoms with van der Waals surface area (Å²) in [5, 5.41) is 14.2. The molecule has 3 rings (SSSR count). The first-order valence-electron chi connectivity index (χ1n) is 10.2. The van der Waals surface area contributed by atoms with E-state index in [-0.39, 0.29) is 12.2 Å². The maximum Gasteiger partial charge on any atom is 0.253 e. The van der Waals surface area contributed by atoms with Crippen molar-refractivity contribution in [2.24, 2.45) is 0 Å². The minimum absolute atomic E-state index is 0.0646. The van der Waals surface area contributed by atoms with Crippen LogP contribution in [0.5, 0.6) is 0 Å². The molecule has 1 aromatic heterocycles. The van der Waals surface area contributed by atoms with E-state index in [1.165, 1.54) is 5.56 Å². The molecule has 0 unspecified atom stereocenters. The first-order chi connectivity index (χ1) is 14.3. The molecule has 0 saturated carbocycles. The van der Waals surface area contributed by atoms with Gasteiger partial charge in [-0.3, -0.25) is 4.79 Å². The van der Waals surface area contributed by atoms with Gasteiger partial charge >= 0.3 is 0 Å². The molecule has 0 aliphatic carbocycles. The highest BCUT2D eigenvalue weighted by Gasteiger charge is 2.15. The van der Waals surface area contributed by atoms with Gasteiger partial charge in [0, 0.05) is 35.3 Å². The van der Waals surface area contributed by atoms with Crippen LogP contribution in [0.3, 0.4) is 0 Å². The Labute approximate surface area is 182 Å². The van der Waals surface area contributed by atoms with E-state index >= 15 is 0 Å². The van der Waals surface area contributed by atoms with Crippen molar-refractivity contribution in [2.75, 3.05) is 18.5 Å². The molecule has 30 heavy (non-hydrogen) atoms. The molecular formula is C24H29N3O2S. The molecular weight excluding hydrogens is 394 g/mol. The van der Waals surface area contributed by atoms with Crippen molar-refractivity contribution in [1.29, 1.82) is 0 Å². The molecule has 1 heterocycles. The number of nitrogens with one attached hydrogen (secondary N) is 2. The first kappa shape index (κ1) is 22.0. The maximum absolute atomic E-state index is 12.7. The lowest BCUT2D eigenvalue weighted by Gasteiger charge is -2.26. The number of H-pyrrole nitrogens is 1. The molecule has 0 bridgehead atoms. The highest BCUT2D eigenvalue weighted by atomic mass is 32.1. The van der Waals surface area contributed by atoms with Crippen molar-refractivity contribution < 1.29 is 5.11 Å². The molecule has 0 atom stereocenters. The van der Waals surface area contributed by atoms with Crippen molar-refractivity contribution in [3.8, 4) is 0 Å². The van der Waals surface area contributed by atoms with Crippen LogP contribution in [0.15, 0.2) is 41.2 Å². The number of anilines is 1. The fourth-order valence-electron chi connectivity index (χ4n) is 3.70. The summed E-state index contributed by atoms with van der Waals surface area (Å²) in [7, 11) is 0. The van der Waals surface area contributed by atoms with Crippen molar-refractivity contribution >= 4 is 33.9 Å². The number of aliphatic hydroxyl groups is 1. The van der Waals surface area contributed by atoms with Crippen LogP contribution in [0.4, 0.5) is 5.69 Å². The van der Waals surface area contributed by atoms with Gasteiger partial charge in [-0.15, -0.1) is 0 Å². The number of aliphatic hydroxyl groups excluding tert-OH is 1. The van der Waals surface area contributed by atoms with Gasteiger partial charge in [0.1, 0.15) is 0 Å². The van der Waals surface area contributed by atoms with Crippen LogP contribution in [-0.4, -0.2) is 33.3 Å². The number of rotatable bonds is 6. The van der Waals surface area contributed by atoms with Crippen LogP contribution in [0, 0.1) is 27.7 Å². The van der Waals surface area contributed by atoms with Crippen LogP contribution in [0.2, 0.25) is 0 Å². The molecule has 3 aromatic rings. The molecule has 0 aliphatic rings. The largest absolute Gasteiger partial charge is 0.396 e. The Hall–Kier alpha value is -2.70. The Bertz CT molecular complexity index is 1140. The van der Waals surface area contributed by atoms with E-state index < -0.39 is 0 Å². The fraction of sp³-hybridized carbons (Fsp3) is 0.333. The quantitative estimate of drug-likeness (QED) is 0.515. The lowest BCUT2D eigenvalue weighted by Crippen LogP contribution is -2.37. The summed E-state index contributed by atoms with van der Waals surface area (Å²) in [6.07, 6.45) is 0.568. The molecule has 6 heteroatoms. The second-order valence-electron chi connectivity index (χ2n) is 7.91. The van der Waals surface area contributed by atoms with Gasteiger partial charge in [0.2, 0.25) is 0 Å². The van der Waals surface area contributed by atoms with Crippen molar-refractivity contribution in [2.45, 2.75) is 40.7 Å². The number of hydrogen-bond acceptors (Lipinski definition) is 3. The topological polar surface area (TPSA) is 68.4 Å². The second kappa shape index (κ2) is 9.41. The van der Waals surface area contributed by atoms with Gasteiger partial charge in [-0.05, 0) is 81.2 Å². The van der Waals surface area contributed by atoms with Crippen LogP contribution in [0.1, 0.15) is 34.2 Å². The van der Waals surface area contributed by atoms with Crippen LogP contribution in [-0.2, 0) is 6.54 Å². The van der Waals surface area contributed by atoms with Gasteiger partial charge in [0.05, 0.1) is 6.54 Å². The highest BCUT2D eigenvalue weighted by molar-refractivity contribution is 7.80. The summed E-state index contributed by atoms with van der Waals surface area (Å²) in [5.41, 5.74) is 6.86. The Kier molecular flexibility index (Phi) is 6.90. The smallest absolute Gasteiger partial charge is 0.253 e. The average molecular weight is 424 g/mol. The standard InChI is InChI=1S/C24H29N3O2S/c1-15-6-7-21(18(4)10-15)26-24(30)27(8-5-9-28)14-19-13-20-17(3)11-16(2)12-22(20)25-23(19)29/h6-7,10-13,28H,5,8-9,14H2,1-4H3,(H,25,29)(H,26,30). The molecule has 0 radical (unpaired) electrons. The van der Waals surface area contributed by atoms with Gasteiger partial charge < -0.3 is 20.3 Å². The van der Waals surface area contributed by atoms with Crippen molar-refractivity contribution in [1.82, 2.24) is 9.88 Å². The maximum atomic E-state index is 12.7. The number of benzene rings is 2. The molecule has 5 nitrogen and oxygen atoms in total. The highest BCUT2D eigenvalue weighted by Crippen LogP contribution is 2.20. The van der Waals surface area contributed by atoms with Crippen LogP contribution < -0.4 is 10.9 Å². The zero-order chi connectivity index (χ0) is 21.8. The number of aryl methyl sites for hydroxylation is 4. The Balaban J connectivity index is 1.89. The Morgan fingerprint density at radius 1 is 1.07 bits per heavy atom. The number of aromatic nitrogens is 1. The van der Waals surface area contributed by atoms with E-state index in [4.69, 9.17) is 12.2 Å². The third-order valence-electron chi connectivity index (χ3n) is 5.25. The van der Waals surface area contributed by atoms with Gasteiger partial charge in [-0.25, -0.2) is 0 Å². The third-order valence-corrected chi connectivity index (χ3v) is 5.61. The monoisotopic (exact) mass is 423 g/mol. The summed E-state index contributed by atoms with van der Waals surface area (Å²) in [4.78, 5) is 17.7. The molecule has 0 fully saturated rings. The molecule has 3 N–H and O–H groups in total. The number of pyridine rings is 1. The number of aromatic amines is 1. The molecule has 0 spiro atoms. The van der Waals surface area contributed by atoms with E-state index in [0.29, 0.717) is 30.2 Å². The first-order valence-corrected chi connectivity index (χ1v) is 10.6. The van der Waals surface area contributed by atoms with Gasteiger partial charge in [-0.2, -0.15) is 0 Å². The van der Waals surface area contributed by atoms with E-state index in [9.17, 15) is 9.90 Å². The number of thiocarbonyl (C=S) groups is 1. The lowest BCUT2D eigenvalue weighted by atomic mass is 10.0. The second-order valence-corrected chi connectivity index (χ2v) is 8.30. The predicted molar refractivity (Wildman–Crippen MR) is 128 cm³/mol. The lowest BCUT2D eigenvalue weighted by molar-refractivity contribution is 0.266. The van der Waals surface area contributed by atoms with Gasteiger partial charge in [0.25, 0.3) is 5.56 Å². The van der Waals surface area contributed by atoms with E-state index in [2.05, 4.69) is 29.4 Å². The third kappa shape index (κ3) is 5.07. The van der Waals surface area contributed by atoms with Gasteiger partial charge in [-0.1, -0.05) is 23.8 Å². The zero-order valence-electron chi connectivity index (χ0n) is 18.0. The van der Waals surface area contributed by atoms with Crippen LogP contribution in [0.25, 0.3) is 10.9 Å². The predicted octanol–water partition coefficient (Wildman–Crippen LogP) is 4.34. The van der Waals surface area contributed by atoms with Crippen molar-refractivity contribution in [3.63, 3.8) is 0 Å². The number of hydrogen-bond donors (Lipinski definition) is 3. The summed E-state index contributed by atoms with van der Waals surface area (Å²) in [6.45, 7) is 9.15. The SMILES string of the molecule is Cc1ccc(NC(=S)N(CCCO)Cc2cc3c(C)cc(C)cc3[nH]c2=O)c(C)c1. The van der Waals surface area contributed by atoms with E-state index in [0.717, 1.165) is 33.3 Å². The Morgan fingerprint density at radius 3 is 2.50 bits per heavy atom. The molecule has 0 saturated heterocycles. The average Bonchev–Trinajstić information content (AvgIpc) is 2.67. The minimum Gasteiger partial charge on any atom is -0.396 e. The van der Waals surface area contributed by atoms with Gasteiger partial charge in [0.15, 0.2) is 5.11 Å². The summed E-state index contributed by atoms with van der Waals surface area (Å²) in [5.74, 6) is 0. The summed E-state index contributed by atoms with van der Waals surface area (Å²) >= 11 is 5.67. The number of nitrogens with zero attached hydrogens (tertiary/aromatic N) is 1. The molecule has 0 aliphatic heterocycles. The molecule has 2 aromatic carbocycles. The fourth-order valence-corrected chi connectivity index (χ4v) is 3.97. The normalized spacial score (nSPS) is 11.0. The summed E-state index contributed by atoms with van der Waals surface area (Å²) in [6, 6.07) is 12.2. The Morgan fingerprint density at radius 2 is 1.80 bits per heavy atom. The molecule has 158 valence electrons. The minimum atomic E-state index is -0.115.